The van der Waals surface area contributed by atoms with Gasteiger partial charge in [0.25, 0.3) is 0 Å². The predicted molar refractivity (Wildman–Crippen MR) is 68.6 cm³/mol. The number of hydrogen-bond acceptors (Lipinski definition) is 3. The number of anilines is 1. The Hall–Kier alpha value is -2.62. The van der Waals surface area contributed by atoms with E-state index in [0.29, 0.717) is 16.7 Å². The second kappa shape index (κ2) is 4.71. The predicted octanol–water partition coefficient (Wildman–Crippen LogP) is 2.45. The molecule has 0 atom stereocenters. The molecular weight excluding hydrogens is 230 g/mol. The van der Waals surface area contributed by atoms with Crippen LogP contribution in [0, 0.1) is 0 Å². The minimum absolute atomic E-state index is 0.0354. The molecule has 2 rings (SSSR count). The molecular formula is C14H11NO3. The number of rotatable bonds is 3. The highest BCUT2D eigenvalue weighted by Crippen LogP contribution is 2.26. The Balaban J connectivity index is 2.61. The summed E-state index contributed by atoms with van der Waals surface area (Å²) in [5.74, 6) is -1.09. The lowest BCUT2D eigenvalue weighted by Crippen LogP contribution is -2.02. The van der Waals surface area contributed by atoms with E-state index in [2.05, 4.69) is 0 Å². The number of benzene rings is 2. The van der Waals surface area contributed by atoms with Crippen molar-refractivity contribution < 1.29 is 14.7 Å². The van der Waals surface area contributed by atoms with Crippen molar-refractivity contribution >= 4 is 17.9 Å². The molecule has 0 amide bonds. The number of carboxylic acid groups (broad SMARTS) is 1. The molecule has 0 spiro atoms. The van der Waals surface area contributed by atoms with Crippen LogP contribution in [0.1, 0.15) is 20.7 Å². The third kappa shape index (κ3) is 2.08. The standard InChI is InChI=1S/C14H11NO3/c15-13-6-5-9(7-12(13)14(17)18)11-4-2-1-3-10(11)8-16/h1-8H,15H2,(H,17,18). The first-order chi connectivity index (χ1) is 8.63. The van der Waals surface area contributed by atoms with Gasteiger partial charge in [0.1, 0.15) is 0 Å². The summed E-state index contributed by atoms with van der Waals surface area (Å²) >= 11 is 0. The molecule has 18 heavy (non-hydrogen) atoms. The van der Waals surface area contributed by atoms with Gasteiger partial charge in [-0.25, -0.2) is 4.79 Å². The van der Waals surface area contributed by atoms with Crippen molar-refractivity contribution in [1.29, 1.82) is 0 Å². The van der Waals surface area contributed by atoms with Gasteiger partial charge in [-0.1, -0.05) is 30.3 Å². The normalized spacial score (nSPS) is 10.0. The maximum absolute atomic E-state index is 11.0. The van der Waals surface area contributed by atoms with Crippen LogP contribution in [0.4, 0.5) is 5.69 Å². The number of nitrogen functional groups attached to an aromatic ring is 1. The number of aromatic carboxylic acids is 1. The van der Waals surface area contributed by atoms with Gasteiger partial charge in [-0.15, -0.1) is 0 Å². The molecule has 0 saturated carbocycles. The average molecular weight is 241 g/mol. The Morgan fingerprint density at radius 2 is 1.89 bits per heavy atom. The number of hydrogen-bond donors (Lipinski definition) is 2. The topological polar surface area (TPSA) is 80.4 Å². The number of carboxylic acids is 1. The fourth-order valence-corrected chi connectivity index (χ4v) is 1.77. The second-order valence-electron chi connectivity index (χ2n) is 3.81. The molecule has 0 aliphatic heterocycles. The molecule has 4 nitrogen and oxygen atoms in total. The lowest BCUT2D eigenvalue weighted by molar-refractivity contribution is 0.0698. The molecule has 0 radical (unpaired) electrons. The van der Waals surface area contributed by atoms with E-state index in [-0.39, 0.29) is 11.3 Å². The van der Waals surface area contributed by atoms with Gasteiger partial charge in [0.05, 0.1) is 5.56 Å². The van der Waals surface area contributed by atoms with E-state index in [1.165, 1.54) is 12.1 Å². The van der Waals surface area contributed by atoms with Crippen molar-refractivity contribution in [3.63, 3.8) is 0 Å². The molecule has 0 aliphatic rings. The van der Waals surface area contributed by atoms with Gasteiger partial charge in [0, 0.05) is 11.3 Å². The van der Waals surface area contributed by atoms with E-state index in [1.54, 1.807) is 30.3 Å². The summed E-state index contributed by atoms with van der Waals surface area (Å²) in [5.41, 5.74) is 7.69. The zero-order valence-corrected chi connectivity index (χ0v) is 9.46. The van der Waals surface area contributed by atoms with Crippen LogP contribution in [0.15, 0.2) is 42.5 Å². The molecule has 90 valence electrons. The lowest BCUT2D eigenvalue weighted by Gasteiger charge is -2.07. The van der Waals surface area contributed by atoms with E-state index in [9.17, 15) is 9.59 Å². The summed E-state index contributed by atoms with van der Waals surface area (Å²) in [6, 6.07) is 11.7. The fourth-order valence-electron chi connectivity index (χ4n) is 1.77. The van der Waals surface area contributed by atoms with Crippen molar-refractivity contribution in [2.45, 2.75) is 0 Å². The highest BCUT2D eigenvalue weighted by molar-refractivity contribution is 5.96. The summed E-state index contributed by atoms with van der Waals surface area (Å²) in [7, 11) is 0. The largest absolute Gasteiger partial charge is 0.478 e. The van der Waals surface area contributed by atoms with Gasteiger partial charge >= 0.3 is 5.97 Å². The van der Waals surface area contributed by atoms with Gasteiger partial charge in [-0.05, 0) is 23.3 Å². The van der Waals surface area contributed by atoms with Crippen LogP contribution in [0.5, 0.6) is 0 Å². The van der Waals surface area contributed by atoms with E-state index in [1.807, 2.05) is 0 Å². The number of aldehydes is 1. The highest BCUT2D eigenvalue weighted by Gasteiger charge is 2.11. The smallest absolute Gasteiger partial charge is 0.337 e. The van der Waals surface area contributed by atoms with Crippen LogP contribution in [-0.2, 0) is 0 Å². The van der Waals surface area contributed by atoms with Gasteiger partial charge < -0.3 is 10.8 Å². The van der Waals surface area contributed by atoms with E-state index in [0.717, 1.165) is 6.29 Å². The molecule has 2 aromatic rings. The Bertz CT molecular complexity index is 620. The van der Waals surface area contributed by atoms with Crippen LogP contribution in [-0.4, -0.2) is 17.4 Å². The zero-order chi connectivity index (χ0) is 13.1. The summed E-state index contributed by atoms with van der Waals surface area (Å²) in [6.07, 6.45) is 0.742. The van der Waals surface area contributed by atoms with Gasteiger partial charge in [-0.3, -0.25) is 4.79 Å². The van der Waals surface area contributed by atoms with Crippen LogP contribution in [0.25, 0.3) is 11.1 Å². The highest BCUT2D eigenvalue weighted by atomic mass is 16.4. The van der Waals surface area contributed by atoms with Crippen molar-refractivity contribution in [2.24, 2.45) is 0 Å². The fraction of sp³-hybridized carbons (Fsp3) is 0. The maximum atomic E-state index is 11.0. The molecule has 0 fully saturated rings. The van der Waals surface area contributed by atoms with Crippen LogP contribution >= 0.6 is 0 Å². The Morgan fingerprint density at radius 3 is 2.56 bits per heavy atom. The van der Waals surface area contributed by atoms with Gasteiger partial charge in [0.15, 0.2) is 6.29 Å². The summed E-state index contributed by atoms with van der Waals surface area (Å²) in [4.78, 5) is 22.0. The Kier molecular flexibility index (Phi) is 3.10. The molecule has 0 saturated heterocycles. The molecule has 0 aromatic heterocycles. The monoisotopic (exact) mass is 241 g/mol. The SMILES string of the molecule is Nc1ccc(-c2ccccc2C=O)cc1C(=O)O. The van der Waals surface area contributed by atoms with Crippen molar-refractivity contribution in [3.05, 3.63) is 53.6 Å². The van der Waals surface area contributed by atoms with Gasteiger partial charge in [0.2, 0.25) is 0 Å². The molecule has 0 unspecified atom stereocenters. The van der Waals surface area contributed by atoms with E-state index in [4.69, 9.17) is 10.8 Å². The Morgan fingerprint density at radius 1 is 1.17 bits per heavy atom. The number of carbonyl (C=O) groups is 2. The quantitative estimate of drug-likeness (QED) is 0.638. The van der Waals surface area contributed by atoms with Crippen molar-refractivity contribution in [1.82, 2.24) is 0 Å². The average Bonchev–Trinajstić information content (AvgIpc) is 2.39. The molecule has 4 heteroatoms. The molecule has 0 bridgehead atoms. The summed E-state index contributed by atoms with van der Waals surface area (Å²) < 4.78 is 0. The van der Waals surface area contributed by atoms with E-state index < -0.39 is 5.97 Å². The van der Waals surface area contributed by atoms with E-state index >= 15 is 0 Å². The minimum Gasteiger partial charge on any atom is -0.478 e. The molecule has 2 aromatic carbocycles. The number of nitrogens with two attached hydrogens (primary N) is 1. The van der Waals surface area contributed by atoms with Crippen LogP contribution in [0.2, 0.25) is 0 Å². The van der Waals surface area contributed by atoms with Crippen LogP contribution < -0.4 is 5.73 Å². The van der Waals surface area contributed by atoms with Crippen LogP contribution in [0.3, 0.4) is 0 Å². The van der Waals surface area contributed by atoms with Gasteiger partial charge in [-0.2, -0.15) is 0 Å². The molecule has 0 aliphatic carbocycles. The molecule has 3 N–H and O–H groups in total. The molecule has 0 heterocycles. The van der Waals surface area contributed by atoms with Crippen molar-refractivity contribution in [2.75, 3.05) is 5.73 Å². The summed E-state index contributed by atoms with van der Waals surface area (Å²) in [6.45, 7) is 0. The first-order valence-corrected chi connectivity index (χ1v) is 5.31. The lowest BCUT2D eigenvalue weighted by atomic mass is 9.98. The third-order valence-electron chi connectivity index (χ3n) is 2.68. The first-order valence-electron chi connectivity index (χ1n) is 5.31. The minimum atomic E-state index is -1.09. The second-order valence-corrected chi connectivity index (χ2v) is 3.81. The van der Waals surface area contributed by atoms with Crippen molar-refractivity contribution in [3.8, 4) is 11.1 Å². The first kappa shape index (κ1) is 11.9. The maximum Gasteiger partial charge on any atom is 0.337 e. The summed E-state index contributed by atoms with van der Waals surface area (Å²) in [5, 5.41) is 9.01. The Labute approximate surface area is 104 Å². The number of carbonyl (C=O) groups excluding carboxylic acids is 1. The zero-order valence-electron chi connectivity index (χ0n) is 9.46. The third-order valence-corrected chi connectivity index (χ3v) is 2.68.